The first-order valence-corrected chi connectivity index (χ1v) is 4.20. The Hall–Kier alpha value is -0.560. The average Bonchev–Trinajstić information content (AvgIpc) is 2.05. The van der Waals surface area contributed by atoms with Gasteiger partial charge in [-0.25, -0.2) is 0 Å². The fraction of sp³-hybridized carbons (Fsp3) is 0.600. The molecule has 11 heavy (non-hydrogen) atoms. The molecule has 1 N–H and O–H groups in total. The van der Waals surface area contributed by atoms with Gasteiger partial charge in [-0.15, -0.1) is 0 Å². The van der Waals surface area contributed by atoms with Crippen molar-refractivity contribution < 1.29 is 5.11 Å². The third-order valence-electron chi connectivity index (χ3n) is 2.26. The summed E-state index contributed by atoms with van der Waals surface area (Å²) in [5.41, 5.74) is 0.894. The van der Waals surface area contributed by atoms with Gasteiger partial charge in [0, 0.05) is 0 Å². The van der Waals surface area contributed by atoms with Crippen LogP contribution in [0, 0.1) is 5.92 Å². The molecule has 1 rings (SSSR count). The van der Waals surface area contributed by atoms with Crippen LogP contribution >= 0.6 is 0 Å². The van der Waals surface area contributed by atoms with E-state index in [0.717, 1.165) is 24.8 Å². The Labute approximate surface area is 68.4 Å². The first kappa shape index (κ1) is 8.54. The van der Waals surface area contributed by atoms with E-state index in [-0.39, 0.29) is 6.10 Å². The van der Waals surface area contributed by atoms with Gasteiger partial charge in [0.15, 0.2) is 0 Å². The Kier molecular flexibility index (Phi) is 2.89. The average molecular weight is 152 g/mol. The quantitative estimate of drug-likeness (QED) is 0.602. The molecule has 0 radical (unpaired) electrons. The molecule has 1 heteroatoms. The van der Waals surface area contributed by atoms with Gasteiger partial charge in [0.25, 0.3) is 0 Å². The maximum absolute atomic E-state index is 9.62. The van der Waals surface area contributed by atoms with E-state index in [4.69, 9.17) is 0 Å². The van der Waals surface area contributed by atoms with Gasteiger partial charge in [0.1, 0.15) is 0 Å². The molecule has 0 unspecified atom stereocenters. The van der Waals surface area contributed by atoms with Crippen LogP contribution in [-0.2, 0) is 0 Å². The number of allylic oxidation sites excluding steroid dienone is 2. The molecule has 0 fully saturated rings. The number of aliphatic hydroxyl groups excluding tert-OH is 1. The van der Waals surface area contributed by atoms with E-state index < -0.39 is 0 Å². The van der Waals surface area contributed by atoms with Gasteiger partial charge in [-0.2, -0.15) is 0 Å². The summed E-state index contributed by atoms with van der Waals surface area (Å²) in [6.07, 6.45) is 7.26. The van der Waals surface area contributed by atoms with Gasteiger partial charge < -0.3 is 5.11 Å². The number of hydrogen-bond donors (Lipinski definition) is 1. The van der Waals surface area contributed by atoms with Crippen LogP contribution < -0.4 is 0 Å². The Balaban J connectivity index is 2.46. The summed E-state index contributed by atoms with van der Waals surface area (Å²) in [6, 6.07) is 0. The normalized spacial score (nSPS) is 26.5. The Bertz CT molecular complexity index is 170. The second-order valence-electron chi connectivity index (χ2n) is 3.34. The minimum absolute atomic E-state index is 0.292. The highest BCUT2D eigenvalue weighted by Gasteiger charge is 2.19. The van der Waals surface area contributed by atoms with Gasteiger partial charge in [-0.1, -0.05) is 24.3 Å². The van der Waals surface area contributed by atoms with Crippen molar-refractivity contribution in [3.05, 3.63) is 24.3 Å². The van der Waals surface area contributed by atoms with E-state index in [0.29, 0.717) is 5.92 Å². The predicted molar refractivity (Wildman–Crippen MR) is 47.3 cm³/mol. The van der Waals surface area contributed by atoms with Gasteiger partial charge in [-0.3, -0.25) is 0 Å². The molecule has 0 saturated heterocycles. The minimum Gasteiger partial charge on any atom is -0.388 e. The molecule has 0 aliphatic heterocycles. The molecule has 0 amide bonds. The predicted octanol–water partition coefficient (Wildman–Crippen LogP) is 2.28. The maximum atomic E-state index is 9.62. The highest BCUT2D eigenvalue weighted by molar-refractivity contribution is 5.03. The highest BCUT2D eigenvalue weighted by Crippen LogP contribution is 2.24. The largest absolute Gasteiger partial charge is 0.388 e. The van der Waals surface area contributed by atoms with Crippen LogP contribution in [0.3, 0.4) is 0 Å². The molecule has 1 aliphatic rings. The van der Waals surface area contributed by atoms with E-state index in [1.807, 2.05) is 6.92 Å². The monoisotopic (exact) mass is 152 g/mol. The lowest BCUT2D eigenvalue weighted by molar-refractivity contribution is 0.135. The van der Waals surface area contributed by atoms with Crippen molar-refractivity contribution in [2.24, 2.45) is 5.92 Å². The Morgan fingerprint density at radius 3 is 2.82 bits per heavy atom. The zero-order chi connectivity index (χ0) is 8.27. The lowest BCUT2D eigenvalue weighted by atomic mass is 9.87. The van der Waals surface area contributed by atoms with Crippen LogP contribution in [0.2, 0.25) is 0 Å². The molecule has 0 aromatic rings. The minimum atomic E-state index is -0.292. The summed E-state index contributed by atoms with van der Waals surface area (Å²) in [5.74, 6) is 0.414. The van der Waals surface area contributed by atoms with Crippen LogP contribution in [0.15, 0.2) is 24.3 Å². The molecule has 0 aromatic heterocycles. The molecule has 62 valence electrons. The summed E-state index contributed by atoms with van der Waals surface area (Å²) >= 11 is 0. The molecule has 1 nitrogen and oxygen atoms in total. The summed E-state index contributed by atoms with van der Waals surface area (Å²) in [4.78, 5) is 0. The zero-order valence-corrected chi connectivity index (χ0v) is 7.09. The zero-order valence-electron chi connectivity index (χ0n) is 7.09. The Morgan fingerprint density at radius 2 is 2.36 bits per heavy atom. The number of aliphatic hydroxyl groups is 1. The molecule has 0 spiro atoms. The van der Waals surface area contributed by atoms with Gasteiger partial charge in [0.05, 0.1) is 6.10 Å². The van der Waals surface area contributed by atoms with Crippen molar-refractivity contribution in [1.82, 2.24) is 0 Å². The van der Waals surface area contributed by atoms with Gasteiger partial charge in [0.2, 0.25) is 0 Å². The van der Waals surface area contributed by atoms with E-state index in [2.05, 4.69) is 18.7 Å². The first-order chi connectivity index (χ1) is 5.22. The SMILES string of the molecule is C=C(C)[C@@H](O)[C@H]1CC=CCC1. The van der Waals surface area contributed by atoms with Gasteiger partial charge in [-0.05, 0) is 32.1 Å². The van der Waals surface area contributed by atoms with E-state index in [9.17, 15) is 5.11 Å². The van der Waals surface area contributed by atoms with E-state index in [1.165, 1.54) is 0 Å². The lowest BCUT2D eigenvalue weighted by Gasteiger charge is -2.23. The van der Waals surface area contributed by atoms with Crippen molar-refractivity contribution >= 4 is 0 Å². The molecule has 0 saturated carbocycles. The summed E-state index contributed by atoms with van der Waals surface area (Å²) in [7, 11) is 0. The van der Waals surface area contributed by atoms with Crippen molar-refractivity contribution in [1.29, 1.82) is 0 Å². The first-order valence-electron chi connectivity index (χ1n) is 4.20. The van der Waals surface area contributed by atoms with Crippen LogP contribution in [-0.4, -0.2) is 11.2 Å². The Morgan fingerprint density at radius 1 is 1.64 bits per heavy atom. The summed E-state index contributed by atoms with van der Waals surface area (Å²) < 4.78 is 0. The molecular weight excluding hydrogens is 136 g/mol. The smallest absolute Gasteiger partial charge is 0.0776 e. The van der Waals surface area contributed by atoms with Crippen LogP contribution in [0.5, 0.6) is 0 Å². The molecule has 2 atom stereocenters. The third-order valence-corrected chi connectivity index (χ3v) is 2.26. The fourth-order valence-electron chi connectivity index (χ4n) is 1.51. The fourth-order valence-corrected chi connectivity index (χ4v) is 1.51. The topological polar surface area (TPSA) is 20.2 Å². The van der Waals surface area contributed by atoms with Crippen molar-refractivity contribution in [3.63, 3.8) is 0 Å². The number of rotatable bonds is 2. The molecule has 0 bridgehead atoms. The highest BCUT2D eigenvalue weighted by atomic mass is 16.3. The van der Waals surface area contributed by atoms with E-state index >= 15 is 0 Å². The summed E-state index contributed by atoms with van der Waals surface area (Å²) in [5, 5.41) is 9.62. The molecule has 0 aromatic carbocycles. The van der Waals surface area contributed by atoms with Crippen LogP contribution in [0.1, 0.15) is 26.2 Å². The van der Waals surface area contributed by atoms with Crippen LogP contribution in [0.4, 0.5) is 0 Å². The van der Waals surface area contributed by atoms with Crippen molar-refractivity contribution in [2.45, 2.75) is 32.3 Å². The molecule has 0 heterocycles. The standard InChI is InChI=1S/C10H16O/c1-8(2)10(11)9-6-4-3-5-7-9/h3-4,9-11H,1,5-7H2,2H3/t9-,10+/m0/s1. The molecule has 1 aliphatic carbocycles. The number of hydrogen-bond acceptors (Lipinski definition) is 1. The maximum Gasteiger partial charge on any atom is 0.0776 e. The van der Waals surface area contributed by atoms with Gasteiger partial charge >= 0.3 is 0 Å². The van der Waals surface area contributed by atoms with Crippen LogP contribution in [0.25, 0.3) is 0 Å². The summed E-state index contributed by atoms with van der Waals surface area (Å²) in [6.45, 7) is 5.65. The van der Waals surface area contributed by atoms with Crippen molar-refractivity contribution in [2.75, 3.05) is 0 Å². The van der Waals surface area contributed by atoms with Crippen molar-refractivity contribution in [3.8, 4) is 0 Å². The second-order valence-corrected chi connectivity index (χ2v) is 3.34. The third kappa shape index (κ3) is 2.19. The second kappa shape index (κ2) is 3.72. The molecular formula is C10H16O. The lowest BCUT2D eigenvalue weighted by Crippen LogP contribution is -2.21. The van der Waals surface area contributed by atoms with E-state index in [1.54, 1.807) is 0 Å².